The average molecular weight is 495 g/mol. The molecule has 0 bridgehead atoms. The van der Waals surface area contributed by atoms with Gasteiger partial charge in [0.1, 0.15) is 28.6 Å². The minimum absolute atomic E-state index is 0.0262. The molecular weight excluding hydrogens is 466 g/mol. The largest absolute Gasteiger partial charge is 0.451 e. The fourth-order valence-corrected chi connectivity index (χ4v) is 7.53. The van der Waals surface area contributed by atoms with Crippen LogP contribution in [0, 0.1) is 6.92 Å². The monoisotopic (exact) mass is 494 g/mol. The van der Waals surface area contributed by atoms with Crippen molar-refractivity contribution >= 4 is 21.7 Å². The van der Waals surface area contributed by atoms with Crippen molar-refractivity contribution in [1.82, 2.24) is 9.47 Å². The van der Waals surface area contributed by atoms with Crippen molar-refractivity contribution in [3.8, 4) is 0 Å². The summed E-state index contributed by atoms with van der Waals surface area (Å²) in [5, 5.41) is -1.00. The molecule has 5 rings (SSSR count). The van der Waals surface area contributed by atoms with Gasteiger partial charge in [-0.15, -0.1) is 0 Å². The van der Waals surface area contributed by atoms with Crippen LogP contribution in [0.2, 0.25) is 0 Å². The number of benzene rings is 2. The third-order valence-electron chi connectivity index (χ3n) is 7.20. The van der Waals surface area contributed by atoms with E-state index >= 15 is 0 Å². The van der Waals surface area contributed by atoms with E-state index in [1.54, 1.807) is 17.8 Å². The maximum absolute atomic E-state index is 13.8. The van der Waals surface area contributed by atoms with E-state index in [0.29, 0.717) is 0 Å². The fourth-order valence-electron chi connectivity index (χ4n) is 5.16. The van der Waals surface area contributed by atoms with E-state index in [0.717, 1.165) is 16.8 Å². The number of hydrogen-bond acceptors (Lipinski definition) is 5. The summed E-state index contributed by atoms with van der Waals surface area (Å²) in [6.45, 7) is 3.49. The van der Waals surface area contributed by atoms with Crippen molar-refractivity contribution in [3.05, 3.63) is 90.0 Å². The van der Waals surface area contributed by atoms with E-state index in [2.05, 4.69) is 0 Å². The molecular formula is C26H28N3O5S+. The molecule has 2 fully saturated rings. The van der Waals surface area contributed by atoms with Crippen molar-refractivity contribution in [2.24, 2.45) is 7.05 Å². The lowest BCUT2D eigenvalue weighted by Gasteiger charge is -2.37. The van der Waals surface area contributed by atoms with Gasteiger partial charge in [0, 0.05) is 6.92 Å². The van der Waals surface area contributed by atoms with Crippen LogP contribution in [0.1, 0.15) is 36.3 Å². The van der Waals surface area contributed by atoms with Crippen molar-refractivity contribution < 1.29 is 27.3 Å². The van der Waals surface area contributed by atoms with Crippen molar-refractivity contribution in [3.63, 3.8) is 0 Å². The first-order valence-corrected chi connectivity index (χ1v) is 13.0. The highest BCUT2D eigenvalue weighted by Gasteiger charge is 2.71. The van der Waals surface area contributed by atoms with Gasteiger partial charge in [0.25, 0.3) is 0 Å². The summed E-state index contributed by atoms with van der Waals surface area (Å²) in [6, 6.07) is 17.3. The Balaban J connectivity index is 1.54. The standard InChI is InChI=1S/C26H28N3O5S/c1-18-15-28(17-27(18)3)16-26(2)24(29-21(30)14-22(29)35(26,32)33)25(31)34-23(19-10-6-4-7-11-19)20-12-8-5-9-13-20/h4-13,15,17,22-24H,14,16H2,1-3H3/q+1/t22-,24+,26+/m1/s1. The van der Waals surface area contributed by atoms with E-state index in [4.69, 9.17) is 4.74 Å². The fraction of sp³-hybridized carbons (Fsp3) is 0.346. The molecule has 1 amide bonds. The molecule has 0 saturated carbocycles. The Morgan fingerprint density at radius 1 is 1.11 bits per heavy atom. The van der Waals surface area contributed by atoms with Gasteiger partial charge in [0.05, 0.1) is 13.5 Å². The molecule has 0 spiro atoms. The molecule has 8 nitrogen and oxygen atoms in total. The normalized spacial score (nSPS) is 24.8. The number of esters is 1. The van der Waals surface area contributed by atoms with Gasteiger partial charge in [0.15, 0.2) is 22.0 Å². The molecule has 0 unspecified atom stereocenters. The third-order valence-corrected chi connectivity index (χ3v) is 9.96. The van der Waals surface area contributed by atoms with Gasteiger partial charge in [-0.2, -0.15) is 0 Å². The zero-order valence-corrected chi connectivity index (χ0v) is 20.7. The predicted molar refractivity (Wildman–Crippen MR) is 128 cm³/mol. The third kappa shape index (κ3) is 3.65. The first-order valence-electron chi connectivity index (χ1n) is 11.5. The number of ether oxygens (including phenoxy) is 1. The lowest BCUT2D eigenvalue weighted by atomic mass is 9.95. The Morgan fingerprint density at radius 3 is 2.17 bits per heavy atom. The van der Waals surface area contributed by atoms with Gasteiger partial charge in [-0.05, 0) is 18.1 Å². The number of nitrogens with zero attached hydrogens (tertiary/aromatic N) is 3. The Kier molecular flexibility index (Phi) is 5.55. The van der Waals surface area contributed by atoms with Gasteiger partial charge < -0.3 is 9.64 Å². The summed E-state index contributed by atoms with van der Waals surface area (Å²) in [4.78, 5) is 27.6. The molecule has 1 aromatic heterocycles. The maximum atomic E-state index is 13.8. The molecule has 0 N–H and O–H groups in total. The van der Waals surface area contributed by atoms with Gasteiger partial charge >= 0.3 is 5.97 Å². The van der Waals surface area contributed by atoms with Crippen LogP contribution in [0.5, 0.6) is 0 Å². The number of sulfone groups is 1. The minimum Gasteiger partial charge on any atom is -0.451 e. The van der Waals surface area contributed by atoms with Crippen LogP contribution in [0.3, 0.4) is 0 Å². The van der Waals surface area contributed by atoms with Crippen LogP contribution in [0.25, 0.3) is 0 Å². The summed E-state index contributed by atoms with van der Waals surface area (Å²) in [5.41, 5.74) is 2.46. The van der Waals surface area contributed by atoms with E-state index in [-0.39, 0.29) is 18.9 Å². The zero-order chi connectivity index (χ0) is 25.0. The molecule has 2 aromatic carbocycles. The summed E-state index contributed by atoms with van der Waals surface area (Å²) in [7, 11) is -1.98. The Morgan fingerprint density at radius 2 is 1.69 bits per heavy atom. The van der Waals surface area contributed by atoms with Crippen LogP contribution in [0.15, 0.2) is 73.2 Å². The van der Waals surface area contributed by atoms with Crippen LogP contribution < -0.4 is 4.57 Å². The maximum Gasteiger partial charge on any atom is 0.331 e. The van der Waals surface area contributed by atoms with E-state index in [1.165, 1.54) is 4.90 Å². The molecule has 3 atom stereocenters. The highest BCUT2D eigenvalue weighted by molar-refractivity contribution is 7.93. The molecule has 2 aliphatic rings. The van der Waals surface area contributed by atoms with Crippen molar-refractivity contribution in [1.29, 1.82) is 0 Å². The number of imidazole rings is 1. The molecule has 3 heterocycles. The lowest BCUT2D eigenvalue weighted by Crippen LogP contribution is -2.60. The molecule has 0 radical (unpaired) electrons. The number of aryl methyl sites for hydroxylation is 2. The molecule has 0 aliphatic carbocycles. The van der Waals surface area contributed by atoms with Gasteiger partial charge in [-0.3, -0.25) is 4.79 Å². The van der Waals surface area contributed by atoms with Crippen molar-refractivity contribution in [2.75, 3.05) is 0 Å². The number of aromatic nitrogens is 2. The smallest absolute Gasteiger partial charge is 0.331 e. The number of hydrogen-bond donors (Lipinski definition) is 0. The summed E-state index contributed by atoms with van der Waals surface area (Å²) in [5.74, 6) is -1.08. The number of β-lactam (4-membered cyclic amide) rings is 1. The summed E-state index contributed by atoms with van der Waals surface area (Å²) in [6.07, 6.45) is 2.77. The molecule has 9 heteroatoms. The number of carbonyl (C=O) groups excluding carboxylic acids is 2. The second-order valence-electron chi connectivity index (χ2n) is 9.53. The van der Waals surface area contributed by atoms with Crippen LogP contribution >= 0.6 is 0 Å². The quantitative estimate of drug-likeness (QED) is 0.297. The molecule has 35 heavy (non-hydrogen) atoms. The number of carbonyl (C=O) groups is 2. The Labute approximate surface area is 204 Å². The molecule has 2 saturated heterocycles. The predicted octanol–water partition coefficient (Wildman–Crippen LogP) is 2.07. The lowest BCUT2D eigenvalue weighted by molar-refractivity contribution is -0.700. The summed E-state index contributed by atoms with van der Waals surface area (Å²) >= 11 is 0. The van der Waals surface area contributed by atoms with Crippen LogP contribution in [-0.2, 0) is 37.8 Å². The topological polar surface area (TPSA) is 89.6 Å². The highest BCUT2D eigenvalue weighted by atomic mass is 32.2. The van der Waals surface area contributed by atoms with Crippen molar-refractivity contribution in [2.45, 2.75) is 49.1 Å². The van der Waals surface area contributed by atoms with Crippen LogP contribution in [-0.4, -0.2) is 45.9 Å². The SMILES string of the molecule is Cc1c[n+](C[C@@]2(C)[C@H](C(=O)OC(c3ccccc3)c3ccccc3)N3C(=O)C[C@H]3S2(=O)=O)cn1C. The van der Waals surface area contributed by atoms with Crippen LogP contribution in [0.4, 0.5) is 0 Å². The Hall–Kier alpha value is -3.46. The number of fused-ring (bicyclic) bond motifs is 1. The molecule has 2 aliphatic heterocycles. The molecule has 182 valence electrons. The van der Waals surface area contributed by atoms with E-state index in [1.807, 2.05) is 85.4 Å². The molecule has 3 aromatic rings. The minimum atomic E-state index is -3.85. The first-order chi connectivity index (χ1) is 16.6. The highest BCUT2D eigenvalue weighted by Crippen LogP contribution is 2.47. The zero-order valence-electron chi connectivity index (χ0n) is 19.9. The Bertz CT molecular complexity index is 1330. The number of rotatable bonds is 6. The first kappa shape index (κ1) is 23.3. The van der Waals surface area contributed by atoms with Gasteiger partial charge in [0.2, 0.25) is 12.2 Å². The van der Waals surface area contributed by atoms with Gasteiger partial charge in [-0.1, -0.05) is 60.7 Å². The summed E-state index contributed by atoms with van der Waals surface area (Å²) < 4.78 is 35.4. The second kappa shape index (κ2) is 8.34. The second-order valence-corrected chi connectivity index (χ2v) is 12.1. The van der Waals surface area contributed by atoms with Gasteiger partial charge in [-0.25, -0.2) is 22.3 Å². The van der Waals surface area contributed by atoms with E-state index < -0.39 is 38.1 Å². The van der Waals surface area contributed by atoms with E-state index in [9.17, 15) is 18.0 Å². The average Bonchev–Trinajstić information content (AvgIpc) is 3.21. The number of amides is 1.